The summed E-state index contributed by atoms with van der Waals surface area (Å²) in [5, 5.41) is 9.27. The van der Waals surface area contributed by atoms with Gasteiger partial charge in [-0.15, -0.1) is 0 Å². The van der Waals surface area contributed by atoms with Crippen LogP contribution >= 0.6 is 23.2 Å². The van der Waals surface area contributed by atoms with Crippen molar-refractivity contribution < 1.29 is 0 Å². The highest BCUT2D eigenvalue weighted by Gasteiger charge is 2.18. The minimum atomic E-state index is 0.575. The zero-order valence-corrected chi connectivity index (χ0v) is 17.4. The van der Waals surface area contributed by atoms with Gasteiger partial charge in [-0.2, -0.15) is 0 Å². The van der Waals surface area contributed by atoms with Crippen molar-refractivity contribution in [2.24, 2.45) is 0 Å². The Balaban J connectivity index is 2.32. The van der Waals surface area contributed by atoms with Crippen molar-refractivity contribution in [2.75, 3.05) is 5.73 Å². The molecule has 1 aliphatic carbocycles. The van der Waals surface area contributed by atoms with Gasteiger partial charge in [0, 0.05) is 21.3 Å². The van der Waals surface area contributed by atoms with Gasteiger partial charge in [-0.25, -0.2) is 0 Å². The molecule has 0 saturated heterocycles. The first-order chi connectivity index (χ1) is 12.7. The van der Waals surface area contributed by atoms with Gasteiger partial charge in [0.1, 0.15) is 0 Å². The Morgan fingerprint density at radius 3 is 2.04 bits per heavy atom. The fraction of sp³-hybridized carbons (Fsp3) is 0.174. The number of aryl methyl sites for hydroxylation is 1. The van der Waals surface area contributed by atoms with E-state index in [0.29, 0.717) is 15.8 Å². The summed E-state index contributed by atoms with van der Waals surface area (Å²) in [6.07, 6.45) is 6.15. The first-order valence-corrected chi connectivity index (χ1v) is 9.48. The van der Waals surface area contributed by atoms with Crippen molar-refractivity contribution in [3.8, 4) is 11.1 Å². The molecule has 1 aliphatic rings. The maximum atomic E-state index is 8.08. The molecule has 3 rings (SSSR count). The van der Waals surface area contributed by atoms with E-state index in [1.54, 1.807) is 0 Å². The second kappa shape index (κ2) is 7.38. The maximum absolute atomic E-state index is 8.08. The van der Waals surface area contributed by atoms with Gasteiger partial charge in [0.25, 0.3) is 0 Å². The summed E-state index contributed by atoms with van der Waals surface area (Å²) < 4.78 is 0. The Kier molecular flexibility index (Phi) is 5.32. The molecule has 0 heterocycles. The molecule has 3 N–H and O–H groups in total. The minimum absolute atomic E-state index is 0.575. The third-order valence-corrected chi connectivity index (χ3v) is 5.58. The Bertz CT molecular complexity index is 1010. The fourth-order valence-electron chi connectivity index (χ4n) is 3.47. The summed E-state index contributed by atoms with van der Waals surface area (Å²) in [6.45, 7) is 7.91. The zero-order chi connectivity index (χ0) is 19.9. The number of nitrogen functional groups attached to an aromatic ring is 1. The molecule has 0 amide bonds. The van der Waals surface area contributed by atoms with Crippen molar-refractivity contribution in [3.05, 3.63) is 79.9 Å². The van der Waals surface area contributed by atoms with Crippen LogP contribution in [0.2, 0.25) is 10.0 Å². The smallest absolute Gasteiger partial charge is 0.0598 e. The summed E-state index contributed by atoms with van der Waals surface area (Å²) >= 11 is 13.0. The molecule has 0 radical (unpaired) electrons. The van der Waals surface area contributed by atoms with Crippen LogP contribution in [0.25, 0.3) is 17.2 Å². The second-order valence-electron chi connectivity index (χ2n) is 6.97. The number of hydrogen-bond donors (Lipinski definition) is 2. The maximum Gasteiger partial charge on any atom is 0.0598 e. The molecular weight excluding hydrogens is 375 g/mol. The molecule has 2 aromatic carbocycles. The quantitative estimate of drug-likeness (QED) is 0.519. The number of allylic oxidation sites excluding steroid dienone is 5. The predicted octanol–water partition coefficient (Wildman–Crippen LogP) is 7.17. The summed E-state index contributed by atoms with van der Waals surface area (Å²) in [5.41, 5.74) is 15.3. The SMILES string of the molecule is CC1=CC(=Cc2cc(C)c(N)c(C)c2-c2c(Cl)cccc2Cl)C=C(C)C1=N. The minimum Gasteiger partial charge on any atom is -0.398 e. The number of halogens is 2. The second-order valence-corrected chi connectivity index (χ2v) is 7.78. The van der Waals surface area contributed by atoms with E-state index < -0.39 is 0 Å². The van der Waals surface area contributed by atoms with E-state index in [2.05, 4.69) is 12.1 Å². The third kappa shape index (κ3) is 3.60. The lowest BCUT2D eigenvalue weighted by Crippen LogP contribution is -2.05. The zero-order valence-electron chi connectivity index (χ0n) is 15.9. The molecule has 27 heavy (non-hydrogen) atoms. The molecule has 0 spiro atoms. The Labute approximate surface area is 170 Å². The van der Waals surface area contributed by atoms with E-state index in [1.807, 2.05) is 58.0 Å². The average Bonchev–Trinajstić information content (AvgIpc) is 2.60. The van der Waals surface area contributed by atoms with E-state index in [1.165, 1.54) is 0 Å². The number of nitrogens with two attached hydrogens (primary N) is 1. The normalized spacial score (nSPS) is 14.1. The first-order valence-electron chi connectivity index (χ1n) is 8.72. The molecule has 2 aromatic rings. The van der Waals surface area contributed by atoms with E-state index in [0.717, 1.165) is 50.2 Å². The Morgan fingerprint density at radius 1 is 0.926 bits per heavy atom. The van der Waals surface area contributed by atoms with Gasteiger partial charge >= 0.3 is 0 Å². The van der Waals surface area contributed by atoms with Crippen LogP contribution in [0.4, 0.5) is 5.69 Å². The topological polar surface area (TPSA) is 49.9 Å². The highest BCUT2D eigenvalue weighted by Crippen LogP contribution is 2.42. The highest BCUT2D eigenvalue weighted by molar-refractivity contribution is 6.39. The molecule has 0 fully saturated rings. The molecule has 0 bridgehead atoms. The third-order valence-electron chi connectivity index (χ3n) is 4.95. The highest BCUT2D eigenvalue weighted by atomic mass is 35.5. The molecule has 138 valence electrons. The van der Waals surface area contributed by atoms with Crippen LogP contribution in [-0.2, 0) is 0 Å². The van der Waals surface area contributed by atoms with Crippen molar-refractivity contribution >= 4 is 40.7 Å². The van der Waals surface area contributed by atoms with E-state index >= 15 is 0 Å². The van der Waals surface area contributed by atoms with Crippen LogP contribution < -0.4 is 5.73 Å². The van der Waals surface area contributed by atoms with Gasteiger partial charge < -0.3 is 11.1 Å². The number of nitrogens with one attached hydrogen (secondary N) is 1. The van der Waals surface area contributed by atoms with Crippen LogP contribution in [0, 0.1) is 19.3 Å². The summed E-state index contributed by atoms with van der Waals surface area (Å²) in [5.74, 6) is 0. The molecule has 0 atom stereocenters. The van der Waals surface area contributed by atoms with E-state index in [9.17, 15) is 0 Å². The van der Waals surface area contributed by atoms with Crippen LogP contribution in [0.5, 0.6) is 0 Å². The van der Waals surface area contributed by atoms with E-state index in [-0.39, 0.29) is 0 Å². The molecule has 0 unspecified atom stereocenters. The van der Waals surface area contributed by atoms with Crippen molar-refractivity contribution in [3.63, 3.8) is 0 Å². The summed E-state index contributed by atoms with van der Waals surface area (Å²) in [6, 6.07) is 7.58. The van der Waals surface area contributed by atoms with E-state index in [4.69, 9.17) is 34.3 Å². The lowest BCUT2D eigenvalue weighted by atomic mass is 9.88. The standard InChI is InChI=1S/C23H22Cl2N2/c1-12-8-16(9-13(2)22(12)26)11-17-10-14(3)23(27)15(4)20(17)21-18(24)6-5-7-19(21)25/h5-11,26H,27H2,1-4H3. The van der Waals surface area contributed by atoms with Gasteiger partial charge in [0.15, 0.2) is 0 Å². The number of benzene rings is 2. The molecular formula is C23H22Cl2N2. The lowest BCUT2D eigenvalue weighted by molar-refractivity contribution is 1.35. The molecule has 0 aromatic heterocycles. The largest absolute Gasteiger partial charge is 0.398 e. The Morgan fingerprint density at radius 2 is 1.48 bits per heavy atom. The molecule has 4 heteroatoms. The lowest BCUT2D eigenvalue weighted by Gasteiger charge is -2.19. The van der Waals surface area contributed by atoms with Gasteiger partial charge in [-0.3, -0.25) is 0 Å². The first kappa shape index (κ1) is 19.5. The Hall–Kier alpha value is -2.29. The number of anilines is 1. The van der Waals surface area contributed by atoms with Crippen LogP contribution in [0.1, 0.15) is 30.5 Å². The van der Waals surface area contributed by atoms with Crippen LogP contribution in [0.15, 0.2) is 53.1 Å². The number of rotatable bonds is 2. The van der Waals surface area contributed by atoms with Gasteiger partial charge in [-0.1, -0.05) is 29.3 Å². The monoisotopic (exact) mass is 396 g/mol. The van der Waals surface area contributed by atoms with Gasteiger partial charge in [-0.05, 0) is 103 Å². The van der Waals surface area contributed by atoms with Gasteiger partial charge in [0.05, 0.1) is 5.71 Å². The molecule has 0 aliphatic heterocycles. The van der Waals surface area contributed by atoms with Crippen molar-refractivity contribution in [1.82, 2.24) is 0 Å². The molecule has 0 saturated carbocycles. The van der Waals surface area contributed by atoms with Crippen molar-refractivity contribution in [2.45, 2.75) is 27.7 Å². The van der Waals surface area contributed by atoms with Crippen LogP contribution in [0.3, 0.4) is 0 Å². The average molecular weight is 397 g/mol. The van der Waals surface area contributed by atoms with Gasteiger partial charge in [0.2, 0.25) is 0 Å². The molecule has 2 nitrogen and oxygen atoms in total. The summed E-state index contributed by atoms with van der Waals surface area (Å²) in [4.78, 5) is 0. The number of hydrogen-bond acceptors (Lipinski definition) is 2. The fourth-order valence-corrected chi connectivity index (χ4v) is 4.06. The predicted molar refractivity (Wildman–Crippen MR) is 119 cm³/mol. The van der Waals surface area contributed by atoms with Crippen LogP contribution in [-0.4, -0.2) is 5.71 Å². The van der Waals surface area contributed by atoms with Crippen molar-refractivity contribution in [1.29, 1.82) is 5.41 Å². The summed E-state index contributed by atoms with van der Waals surface area (Å²) in [7, 11) is 0.